The number of rotatable bonds is 1. The van der Waals surface area contributed by atoms with Gasteiger partial charge in [0.15, 0.2) is 18.1 Å². The second-order valence-corrected chi connectivity index (χ2v) is 3.31. The molecule has 5 nitrogen and oxygen atoms in total. The molecule has 1 aliphatic rings. The molecule has 0 aromatic heterocycles. The first kappa shape index (κ1) is 9.67. The molecule has 0 bridgehead atoms. The average molecular weight is 203 g/mol. The molecular formula is C10H13N5. The first-order valence-corrected chi connectivity index (χ1v) is 4.64. The van der Waals surface area contributed by atoms with Crippen molar-refractivity contribution in [3.05, 3.63) is 35.9 Å². The highest BCUT2D eigenvalue weighted by molar-refractivity contribution is 6.06. The maximum Gasteiger partial charge on any atom is 0.200 e. The standard InChI is InChI=1S/C10H13N5/c1-15-9(11)13-8(14-10(15)12)7-5-3-2-4-6-7/h2-6,9H,11H2,1H3,(H2,12,13,14). The first-order chi connectivity index (χ1) is 7.18. The van der Waals surface area contributed by atoms with Crippen molar-refractivity contribution in [3.8, 4) is 0 Å². The van der Waals surface area contributed by atoms with Crippen molar-refractivity contribution in [3.63, 3.8) is 0 Å². The van der Waals surface area contributed by atoms with Crippen molar-refractivity contribution in [2.45, 2.75) is 6.29 Å². The maximum absolute atomic E-state index is 5.77. The Morgan fingerprint density at radius 2 is 1.93 bits per heavy atom. The Labute approximate surface area is 88.1 Å². The zero-order chi connectivity index (χ0) is 10.8. The van der Waals surface area contributed by atoms with Gasteiger partial charge < -0.3 is 10.6 Å². The number of nitrogens with two attached hydrogens (primary N) is 2. The summed E-state index contributed by atoms with van der Waals surface area (Å²) in [5, 5.41) is 0. The fraction of sp³-hybridized carbons (Fsp3) is 0.200. The van der Waals surface area contributed by atoms with Gasteiger partial charge in [0, 0.05) is 12.6 Å². The number of aliphatic imine (C=N–C) groups is 2. The van der Waals surface area contributed by atoms with Crippen molar-refractivity contribution >= 4 is 11.8 Å². The second kappa shape index (κ2) is 3.70. The van der Waals surface area contributed by atoms with Crippen LogP contribution in [0.2, 0.25) is 0 Å². The normalized spacial score (nSPS) is 20.9. The van der Waals surface area contributed by atoms with E-state index in [0.29, 0.717) is 11.8 Å². The van der Waals surface area contributed by atoms with E-state index in [-0.39, 0.29) is 0 Å². The Morgan fingerprint density at radius 1 is 1.27 bits per heavy atom. The summed E-state index contributed by atoms with van der Waals surface area (Å²) in [5.41, 5.74) is 12.4. The fourth-order valence-electron chi connectivity index (χ4n) is 1.29. The van der Waals surface area contributed by atoms with E-state index >= 15 is 0 Å². The molecule has 0 radical (unpaired) electrons. The Bertz CT molecular complexity index is 409. The largest absolute Gasteiger partial charge is 0.369 e. The quantitative estimate of drug-likeness (QED) is 0.670. The van der Waals surface area contributed by atoms with E-state index in [0.717, 1.165) is 5.56 Å². The highest BCUT2D eigenvalue weighted by Crippen LogP contribution is 2.08. The molecule has 1 aromatic rings. The van der Waals surface area contributed by atoms with E-state index in [1.54, 1.807) is 11.9 Å². The van der Waals surface area contributed by atoms with Crippen LogP contribution in [-0.4, -0.2) is 30.0 Å². The van der Waals surface area contributed by atoms with Crippen molar-refractivity contribution < 1.29 is 0 Å². The molecule has 1 heterocycles. The minimum absolute atomic E-state index is 0.386. The van der Waals surface area contributed by atoms with Crippen LogP contribution in [0.3, 0.4) is 0 Å². The number of hydrogen-bond donors (Lipinski definition) is 2. The number of guanidine groups is 1. The molecule has 1 aromatic carbocycles. The molecular weight excluding hydrogens is 190 g/mol. The minimum Gasteiger partial charge on any atom is -0.369 e. The van der Waals surface area contributed by atoms with E-state index in [9.17, 15) is 0 Å². The third-order valence-corrected chi connectivity index (χ3v) is 2.27. The van der Waals surface area contributed by atoms with Gasteiger partial charge in [0.1, 0.15) is 0 Å². The molecule has 15 heavy (non-hydrogen) atoms. The summed E-state index contributed by atoms with van der Waals surface area (Å²) in [7, 11) is 1.76. The molecule has 0 saturated carbocycles. The Balaban J connectivity index is 2.37. The van der Waals surface area contributed by atoms with Crippen LogP contribution in [0, 0.1) is 0 Å². The molecule has 0 fully saturated rings. The SMILES string of the molecule is CN1C(N)=NC(c2ccccc2)=NC1N. The Morgan fingerprint density at radius 3 is 2.53 bits per heavy atom. The van der Waals surface area contributed by atoms with E-state index in [1.165, 1.54) is 0 Å². The third kappa shape index (κ3) is 1.82. The smallest absolute Gasteiger partial charge is 0.200 e. The van der Waals surface area contributed by atoms with Crippen LogP contribution in [0.25, 0.3) is 0 Å². The summed E-state index contributed by atoms with van der Waals surface area (Å²) in [4.78, 5) is 10.0. The van der Waals surface area contributed by atoms with Gasteiger partial charge in [-0.3, -0.25) is 5.73 Å². The summed E-state index contributed by atoms with van der Waals surface area (Å²) < 4.78 is 0. The molecule has 1 atom stereocenters. The first-order valence-electron chi connectivity index (χ1n) is 4.64. The number of amidine groups is 1. The summed E-state index contributed by atoms with van der Waals surface area (Å²) >= 11 is 0. The summed E-state index contributed by atoms with van der Waals surface area (Å²) in [5.74, 6) is 0.968. The Hall–Kier alpha value is -1.88. The lowest BCUT2D eigenvalue weighted by Crippen LogP contribution is -2.48. The van der Waals surface area contributed by atoms with Crippen molar-refractivity contribution in [1.82, 2.24) is 4.90 Å². The second-order valence-electron chi connectivity index (χ2n) is 3.31. The summed E-state index contributed by atoms with van der Waals surface area (Å²) in [6.45, 7) is 0. The van der Waals surface area contributed by atoms with Gasteiger partial charge in [-0.05, 0) is 0 Å². The van der Waals surface area contributed by atoms with Gasteiger partial charge in [-0.1, -0.05) is 30.3 Å². The maximum atomic E-state index is 5.77. The number of benzene rings is 1. The van der Waals surface area contributed by atoms with Gasteiger partial charge in [-0.2, -0.15) is 4.99 Å². The molecule has 4 N–H and O–H groups in total. The molecule has 1 aliphatic heterocycles. The van der Waals surface area contributed by atoms with Crippen molar-refractivity contribution in [1.29, 1.82) is 0 Å². The van der Waals surface area contributed by atoms with Crippen LogP contribution < -0.4 is 11.5 Å². The van der Waals surface area contributed by atoms with Crippen LogP contribution in [0.4, 0.5) is 0 Å². The number of nitrogens with zero attached hydrogens (tertiary/aromatic N) is 3. The van der Waals surface area contributed by atoms with Gasteiger partial charge in [0.2, 0.25) is 0 Å². The van der Waals surface area contributed by atoms with Crippen LogP contribution in [0.5, 0.6) is 0 Å². The fourth-order valence-corrected chi connectivity index (χ4v) is 1.29. The van der Waals surface area contributed by atoms with Crippen LogP contribution in [0.15, 0.2) is 40.3 Å². The molecule has 5 heteroatoms. The van der Waals surface area contributed by atoms with Gasteiger partial charge in [0.25, 0.3) is 0 Å². The Kier molecular flexibility index (Phi) is 2.39. The zero-order valence-corrected chi connectivity index (χ0v) is 8.46. The van der Waals surface area contributed by atoms with Crippen LogP contribution in [0.1, 0.15) is 5.56 Å². The minimum atomic E-state index is -0.460. The van der Waals surface area contributed by atoms with E-state index in [1.807, 2.05) is 30.3 Å². The third-order valence-electron chi connectivity index (χ3n) is 2.27. The van der Waals surface area contributed by atoms with Crippen LogP contribution >= 0.6 is 0 Å². The average Bonchev–Trinajstić information content (AvgIpc) is 2.26. The van der Waals surface area contributed by atoms with Crippen LogP contribution in [-0.2, 0) is 0 Å². The van der Waals surface area contributed by atoms with Crippen molar-refractivity contribution in [2.75, 3.05) is 7.05 Å². The molecule has 0 saturated heterocycles. The molecule has 1 unspecified atom stereocenters. The highest BCUT2D eigenvalue weighted by Gasteiger charge is 2.18. The van der Waals surface area contributed by atoms with Gasteiger partial charge >= 0.3 is 0 Å². The topological polar surface area (TPSA) is 80.0 Å². The van der Waals surface area contributed by atoms with Crippen molar-refractivity contribution in [2.24, 2.45) is 21.5 Å². The predicted octanol–water partition coefficient (Wildman–Crippen LogP) is -0.0644. The molecule has 2 rings (SSSR count). The lowest BCUT2D eigenvalue weighted by molar-refractivity contribution is 0.377. The summed E-state index contributed by atoms with van der Waals surface area (Å²) in [6, 6.07) is 9.63. The van der Waals surface area contributed by atoms with E-state index in [2.05, 4.69) is 9.98 Å². The van der Waals surface area contributed by atoms with Gasteiger partial charge in [-0.15, -0.1) is 0 Å². The molecule has 0 aliphatic carbocycles. The summed E-state index contributed by atoms with van der Waals surface area (Å²) in [6.07, 6.45) is -0.460. The monoisotopic (exact) mass is 203 g/mol. The zero-order valence-electron chi connectivity index (χ0n) is 8.46. The molecule has 78 valence electrons. The highest BCUT2D eigenvalue weighted by atomic mass is 15.4. The van der Waals surface area contributed by atoms with Gasteiger partial charge in [-0.25, -0.2) is 4.99 Å². The van der Waals surface area contributed by atoms with E-state index in [4.69, 9.17) is 11.5 Å². The predicted molar refractivity (Wildman–Crippen MR) is 60.3 cm³/mol. The lowest BCUT2D eigenvalue weighted by atomic mass is 10.2. The molecule has 0 spiro atoms. The number of hydrogen-bond acceptors (Lipinski definition) is 5. The lowest BCUT2D eigenvalue weighted by Gasteiger charge is -2.26. The van der Waals surface area contributed by atoms with E-state index < -0.39 is 6.29 Å². The molecule has 0 amide bonds. The van der Waals surface area contributed by atoms with Gasteiger partial charge in [0.05, 0.1) is 0 Å².